The van der Waals surface area contributed by atoms with Gasteiger partial charge in [-0.25, -0.2) is 8.78 Å². The lowest BCUT2D eigenvalue weighted by Gasteiger charge is -2.31. The molecule has 0 spiro atoms. The summed E-state index contributed by atoms with van der Waals surface area (Å²) in [4.78, 5) is 21.8. The van der Waals surface area contributed by atoms with Gasteiger partial charge in [-0.2, -0.15) is 5.06 Å². The number of anilines is 1. The van der Waals surface area contributed by atoms with E-state index >= 15 is 0 Å². The van der Waals surface area contributed by atoms with E-state index in [9.17, 15) is 13.6 Å². The van der Waals surface area contributed by atoms with Crippen LogP contribution in [-0.2, 0) is 9.63 Å². The van der Waals surface area contributed by atoms with E-state index in [-0.39, 0.29) is 5.91 Å². The molecular weight excluding hydrogens is 340 g/mol. The second-order valence-corrected chi connectivity index (χ2v) is 7.08. The molecular formula is C19H27F2N3O2. The Kier molecular flexibility index (Phi) is 6.43. The van der Waals surface area contributed by atoms with E-state index < -0.39 is 11.6 Å². The van der Waals surface area contributed by atoms with Crippen LogP contribution < -0.4 is 4.90 Å². The second kappa shape index (κ2) is 8.77. The third kappa shape index (κ3) is 4.71. The number of hydrogen-bond donors (Lipinski definition) is 0. The quantitative estimate of drug-likeness (QED) is 0.820. The Morgan fingerprint density at radius 2 is 1.85 bits per heavy atom. The minimum atomic E-state index is -0.833. The molecule has 0 atom stereocenters. The zero-order valence-corrected chi connectivity index (χ0v) is 15.3. The highest BCUT2D eigenvalue weighted by Crippen LogP contribution is 2.23. The summed E-state index contributed by atoms with van der Waals surface area (Å²) in [7, 11) is 1.68. The molecule has 2 aliphatic heterocycles. The monoisotopic (exact) mass is 367 g/mol. The molecule has 2 saturated heterocycles. The molecule has 2 fully saturated rings. The summed E-state index contributed by atoms with van der Waals surface area (Å²) >= 11 is 0. The summed E-state index contributed by atoms with van der Waals surface area (Å²) in [5.41, 5.74) is 0.671. The number of amides is 1. The first-order chi connectivity index (χ1) is 12.6. The zero-order valence-electron chi connectivity index (χ0n) is 15.3. The molecule has 26 heavy (non-hydrogen) atoms. The highest BCUT2D eigenvalue weighted by atomic mass is 19.2. The van der Waals surface area contributed by atoms with Gasteiger partial charge in [0.05, 0.1) is 7.11 Å². The standard InChI is InChI=1S/C19H27F2N3O2/c1-26-24-9-5-15(6-10-24)13-19(25)23-8-2-7-22(11-12-23)16-3-4-17(20)18(21)14-16/h3-4,14-15H,2,5-13H2,1H3. The van der Waals surface area contributed by atoms with Crippen LogP contribution >= 0.6 is 0 Å². The van der Waals surface area contributed by atoms with Gasteiger partial charge in [0.2, 0.25) is 5.91 Å². The van der Waals surface area contributed by atoms with E-state index in [1.54, 1.807) is 13.2 Å². The number of hydrogen-bond acceptors (Lipinski definition) is 4. The van der Waals surface area contributed by atoms with E-state index in [0.29, 0.717) is 31.1 Å². The summed E-state index contributed by atoms with van der Waals surface area (Å²) in [6.07, 6.45) is 3.37. The maximum Gasteiger partial charge on any atom is 0.222 e. The fraction of sp³-hybridized carbons (Fsp3) is 0.632. The summed E-state index contributed by atoms with van der Waals surface area (Å²) in [6, 6.07) is 3.99. The van der Waals surface area contributed by atoms with Crippen LogP contribution in [0.5, 0.6) is 0 Å². The molecule has 7 heteroatoms. The third-order valence-electron chi connectivity index (χ3n) is 5.41. The van der Waals surface area contributed by atoms with Gasteiger partial charge in [-0.1, -0.05) is 0 Å². The third-order valence-corrected chi connectivity index (χ3v) is 5.41. The van der Waals surface area contributed by atoms with Crippen LogP contribution in [0.1, 0.15) is 25.7 Å². The van der Waals surface area contributed by atoms with Gasteiger partial charge in [0.1, 0.15) is 0 Å². The molecule has 0 bridgehead atoms. The molecule has 3 rings (SSSR count). The van der Waals surface area contributed by atoms with Gasteiger partial charge in [-0.05, 0) is 37.3 Å². The molecule has 0 unspecified atom stereocenters. The molecule has 144 valence electrons. The molecule has 5 nitrogen and oxygen atoms in total. The highest BCUT2D eigenvalue weighted by Gasteiger charge is 2.25. The first-order valence-electron chi connectivity index (χ1n) is 9.33. The predicted molar refractivity (Wildman–Crippen MR) is 95.7 cm³/mol. The van der Waals surface area contributed by atoms with Crippen molar-refractivity contribution in [3.63, 3.8) is 0 Å². The average Bonchev–Trinajstić information content (AvgIpc) is 2.91. The Morgan fingerprint density at radius 1 is 1.08 bits per heavy atom. The summed E-state index contributed by atoms with van der Waals surface area (Å²) in [6.45, 7) is 4.46. The lowest BCUT2D eigenvalue weighted by atomic mass is 9.94. The molecule has 1 aromatic carbocycles. The number of halogens is 2. The molecule has 0 saturated carbocycles. The van der Waals surface area contributed by atoms with Gasteiger partial charge in [0.15, 0.2) is 11.6 Å². The first kappa shape index (κ1) is 19.0. The normalized spacial score (nSPS) is 20.3. The van der Waals surface area contributed by atoms with Gasteiger partial charge in [-0.3, -0.25) is 4.79 Å². The fourth-order valence-electron chi connectivity index (χ4n) is 3.78. The number of nitrogens with zero attached hydrogens (tertiary/aromatic N) is 3. The van der Waals surface area contributed by atoms with Crippen molar-refractivity contribution in [2.45, 2.75) is 25.7 Å². The Morgan fingerprint density at radius 3 is 2.54 bits per heavy atom. The van der Waals surface area contributed by atoms with E-state index in [1.807, 2.05) is 14.9 Å². The van der Waals surface area contributed by atoms with E-state index in [2.05, 4.69) is 0 Å². The largest absolute Gasteiger partial charge is 0.370 e. The second-order valence-electron chi connectivity index (χ2n) is 7.08. The Balaban J connectivity index is 1.51. The van der Waals surface area contributed by atoms with Crippen LogP contribution in [0.15, 0.2) is 18.2 Å². The van der Waals surface area contributed by atoms with Gasteiger partial charge < -0.3 is 14.6 Å². The summed E-state index contributed by atoms with van der Waals surface area (Å²) in [5, 5.41) is 1.94. The SMILES string of the molecule is CON1CCC(CC(=O)N2CCCN(c3ccc(F)c(F)c3)CC2)CC1. The number of benzene rings is 1. The average molecular weight is 367 g/mol. The lowest BCUT2D eigenvalue weighted by Crippen LogP contribution is -2.38. The van der Waals surface area contributed by atoms with Crippen LogP contribution in [0.2, 0.25) is 0 Å². The van der Waals surface area contributed by atoms with Crippen molar-refractivity contribution in [1.29, 1.82) is 0 Å². The van der Waals surface area contributed by atoms with E-state index in [1.165, 1.54) is 6.07 Å². The number of carbonyl (C=O) groups excluding carboxylic acids is 1. The molecule has 1 amide bonds. The van der Waals surface area contributed by atoms with E-state index in [4.69, 9.17) is 4.84 Å². The Hall–Kier alpha value is -1.73. The molecule has 2 heterocycles. The number of carbonyl (C=O) groups is 1. The number of rotatable bonds is 4. The fourth-order valence-corrected chi connectivity index (χ4v) is 3.78. The van der Waals surface area contributed by atoms with Crippen molar-refractivity contribution in [3.8, 4) is 0 Å². The maximum atomic E-state index is 13.5. The summed E-state index contributed by atoms with van der Waals surface area (Å²) in [5.74, 6) is -1.05. The van der Waals surface area contributed by atoms with Gasteiger partial charge in [0, 0.05) is 57.4 Å². The van der Waals surface area contributed by atoms with Crippen LogP contribution in [-0.4, -0.2) is 62.2 Å². The Bertz CT molecular complexity index is 621. The molecule has 0 aliphatic carbocycles. The highest BCUT2D eigenvalue weighted by molar-refractivity contribution is 5.76. The minimum absolute atomic E-state index is 0.202. The summed E-state index contributed by atoms with van der Waals surface area (Å²) < 4.78 is 26.6. The van der Waals surface area contributed by atoms with Gasteiger partial charge in [-0.15, -0.1) is 0 Å². The molecule has 0 aromatic heterocycles. The zero-order chi connectivity index (χ0) is 18.5. The lowest BCUT2D eigenvalue weighted by molar-refractivity contribution is -0.151. The van der Waals surface area contributed by atoms with Crippen molar-refractivity contribution >= 4 is 11.6 Å². The first-order valence-corrected chi connectivity index (χ1v) is 9.33. The molecule has 1 aromatic rings. The van der Waals surface area contributed by atoms with Crippen LogP contribution in [0, 0.1) is 17.6 Å². The van der Waals surface area contributed by atoms with Gasteiger partial charge >= 0.3 is 0 Å². The van der Waals surface area contributed by atoms with E-state index in [0.717, 1.165) is 51.5 Å². The smallest absolute Gasteiger partial charge is 0.222 e. The van der Waals surface area contributed by atoms with Crippen LogP contribution in [0.3, 0.4) is 0 Å². The van der Waals surface area contributed by atoms with Crippen LogP contribution in [0.25, 0.3) is 0 Å². The molecule has 2 aliphatic rings. The predicted octanol–water partition coefficient (Wildman–Crippen LogP) is 2.67. The number of piperidine rings is 1. The molecule has 0 N–H and O–H groups in total. The maximum absolute atomic E-state index is 13.5. The van der Waals surface area contributed by atoms with Crippen molar-refractivity contribution in [1.82, 2.24) is 9.96 Å². The van der Waals surface area contributed by atoms with Crippen LogP contribution in [0.4, 0.5) is 14.5 Å². The topological polar surface area (TPSA) is 36.0 Å². The van der Waals surface area contributed by atoms with Crippen molar-refractivity contribution in [2.24, 2.45) is 5.92 Å². The van der Waals surface area contributed by atoms with Crippen molar-refractivity contribution < 1.29 is 18.4 Å². The minimum Gasteiger partial charge on any atom is -0.370 e. The molecule has 0 radical (unpaired) electrons. The van der Waals surface area contributed by atoms with Crippen molar-refractivity contribution in [2.75, 3.05) is 51.3 Å². The number of hydroxylamine groups is 2. The van der Waals surface area contributed by atoms with Crippen molar-refractivity contribution in [3.05, 3.63) is 29.8 Å². The van der Waals surface area contributed by atoms with Gasteiger partial charge in [0.25, 0.3) is 0 Å². The Labute approximate surface area is 153 Å².